The lowest BCUT2D eigenvalue weighted by molar-refractivity contribution is 0.601. The lowest BCUT2D eigenvalue weighted by atomic mass is 10.2. The third kappa shape index (κ3) is 1.18. The molecule has 4 heteroatoms. The molecule has 64 valence electrons. The van der Waals surface area contributed by atoms with Gasteiger partial charge < -0.3 is 10.2 Å². The standard InChI is InChI=1S/C9H5BrN2O/c10-5-1-2-6-7(3-5)13-8(4-11)9(6)12/h1-3H,12H2. The summed E-state index contributed by atoms with van der Waals surface area (Å²) in [5.41, 5.74) is 6.70. The predicted molar refractivity (Wildman–Crippen MR) is 53.0 cm³/mol. The predicted octanol–water partition coefficient (Wildman–Crippen LogP) is 2.65. The number of anilines is 1. The maximum Gasteiger partial charge on any atom is 0.227 e. The summed E-state index contributed by atoms with van der Waals surface area (Å²) in [7, 11) is 0. The summed E-state index contributed by atoms with van der Waals surface area (Å²) in [6, 6.07) is 7.36. The van der Waals surface area contributed by atoms with Gasteiger partial charge in [-0.2, -0.15) is 5.26 Å². The van der Waals surface area contributed by atoms with Crippen LogP contribution in [0.5, 0.6) is 0 Å². The van der Waals surface area contributed by atoms with Gasteiger partial charge >= 0.3 is 0 Å². The van der Waals surface area contributed by atoms with Crippen molar-refractivity contribution in [3.05, 3.63) is 28.4 Å². The molecule has 13 heavy (non-hydrogen) atoms. The largest absolute Gasteiger partial charge is 0.443 e. The van der Waals surface area contributed by atoms with Gasteiger partial charge in [0.1, 0.15) is 11.7 Å². The Balaban J connectivity index is 2.86. The minimum atomic E-state index is 0.174. The number of halogens is 1. The highest BCUT2D eigenvalue weighted by Crippen LogP contribution is 2.29. The van der Waals surface area contributed by atoms with Gasteiger partial charge in [-0.25, -0.2) is 0 Å². The van der Waals surface area contributed by atoms with Crippen LogP contribution in [0, 0.1) is 11.3 Å². The summed E-state index contributed by atoms with van der Waals surface area (Å²) in [4.78, 5) is 0. The SMILES string of the molecule is N#Cc1oc2cc(Br)ccc2c1N. The Morgan fingerprint density at radius 1 is 1.46 bits per heavy atom. The Labute approximate surface area is 82.9 Å². The van der Waals surface area contributed by atoms with Crippen molar-refractivity contribution in [2.45, 2.75) is 0 Å². The molecule has 0 radical (unpaired) electrons. The number of nitrogens with two attached hydrogens (primary N) is 1. The smallest absolute Gasteiger partial charge is 0.227 e. The fraction of sp³-hybridized carbons (Fsp3) is 0. The van der Waals surface area contributed by atoms with Crippen LogP contribution >= 0.6 is 15.9 Å². The molecule has 0 spiro atoms. The number of fused-ring (bicyclic) bond motifs is 1. The lowest BCUT2D eigenvalue weighted by Gasteiger charge is -1.89. The molecule has 0 unspecified atom stereocenters. The van der Waals surface area contributed by atoms with Gasteiger partial charge in [-0.05, 0) is 18.2 Å². The van der Waals surface area contributed by atoms with Crippen LogP contribution in [0.15, 0.2) is 27.1 Å². The van der Waals surface area contributed by atoms with E-state index in [0.717, 1.165) is 9.86 Å². The maximum absolute atomic E-state index is 8.65. The molecule has 2 aromatic rings. The van der Waals surface area contributed by atoms with Gasteiger partial charge in [0.05, 0.1) is 5.69 Å². The van der Waals surface area contributed by atoms with E-state index in [1.165, 1.54) is 0 Å². The zero-order valence-electron chi connectivity index (χ0n) is 6.54. The van der Waals surface area contributed by atoms with Crippen molar-refractivity contribution >= 4 is 32.6 Å². The first kappa shape index (κ1) is 8.14. The Kier molecular flexibility index (Phi) is 1.74. The zero-order chi connectivity index (χ0) is 9.42. The van der Waals surface area contributed by atoms with Gasteiger partial charge in [-0.15, -0.1) is 0 Å². The van der Waals surface area contributed by atoms with E-state index >= 15 is 0 Å². The van der Waals surface area contributed by atoms with E-state index in [4.69, 9.17) is 15.4 Å². The highest BCUT2D eigenvalue weighted by Gasteiger charge is 2.09. The Bertz CT molecular complexity index is 510. The topological polar surface area (TPSA) is 63.0 Å². The molecule has 0 bridgehead atoms. The van der Waals surface area contributed by atoms with Gasteiger partial charge in [-0.1, -0.05) is 15.9 Å². The number of rotatable bonds is 0. The molecular weight excluding hydrogens is 232 g/mol. The van der Waals surface area contributed by atoms with Crippen LogP contribution in [0.2, 0.25) is 0 Å². The first-order valence-electron chi connectivity index (χ1n) is 3.60. The van der Waals surface area contributed by atoms with E-state index in [1.54, 1.807) is 6.07 Å². The number of nitrogens with zero attached hydrogens (tertiary/aromatic N) is 1. The summed E-state index contributed by atoms with van der Waals surface area (Å²) >= 11 is 3.30. The molecule has 0 saturated carbocycles. The molecule has 1 heterocycles. The quantitative estimate of drug-likeness (QED) is 0.765. The van der Waals surface area contributed by atoms with Crippen molar-refractivity contribution in [2.75, 3.05) is 5.73 Å². The third-order valence-electron chi connectivity index (χ3n) is 1.79. The molecule has 0 fully saturated rings. The number of benzene rings is 1. The number of nitriles is 1. The summed E-state index contributed by atoms with van der Waals surface area (Å²) in [5, 5.41) is 9.43. The number of hydrogen-bond acceptors (Lipinski definition) is 3. The lowest BCUT2D eigenvalue weighted by Crippen LogP contribution is -1.84. The van der Waals surface area contributed by atoms with Crippen molar-refractivity contribution in [3.8, 4) is 6.07 Å². The number of furan rings is 1. The summed E-state index contributed by atoms with van der Waals surface area (Å²) in [6.07, 6.45) is 0. The summed E-state index contributed by atoms with van der Waals surface area (Å²) in [5.74, 6) is 0.174. The van der Waals surface area contributed by atoms with Gasteiger partial charge in [-0.3, -0.25) is 0 Å². The van der Waals surface area contributed by atoms with E-state index < -0.39 is 0 Å². The van der Waals surface area contributed by atoms with Crippen LogP contribution in [-0.2, 0) is 0 Å². The molecule has 0 atom stereocenters. The molecule has 2 N–H and O–H groups in total. The van der Waals surface area contributed by atoms with E-state index in [2.05, 4.69) is 15.9 Å². The molecule has 1 aromatic carbocycles. The monoisotopic (exact) mass is 236 g/mol. The molecule has 3 nitrogen and oxygen atoms in total. The van der Waals surface area contributed by atoms with Crippen molar-refractivity contribution in [1.82, 2.24) is 0 Å². The van der Waals surface area contributed by atoms with E-state index in [0.29, 0.717) is 11.3 Å². The van der Waals surface area contributed by atoms with Gasteiger partial charge in [0.15, 0.2) is 0 Å². The zero-order valence-corrected chi connectivity index (χ0v) is 8.13. The van der Waals surface area contributed by atoms with Crippen LogP contribution in [-0.4, -0.2) is 0 Å². The molecule has 0 aliphatic carbocycles. The maximum atomic E-state index is 8.65. The normalized spacial score (nSPS) is 10.2. The van der Waals surface area contributed by atoms with E-state index in [9.17, 15) is 0 Å². The summed E-state index contributed by atoms with van der Waals surface area (Å²) < 4.78 is 6.11. The van der Waals surface area contributed by atoms with Crippen LogP contribution in [0.25, 0.3) is 11.0 Å². The van der Waals surface area contributed by atoms with E-state index in [1.807, 2.05) is 18.2 Å². The first-order chi connectivity index (χ1) is 6.22. The highest BCUT2D eigenvalue weighted by molar-refractivity contribution is 9.10. The fourth-order valence-corrected chi connectivity index (χ4v) is 1.51. The molecule has 0 aliphatic rings. The average molecular weight is 237 g/mol. The van der Waals surface area contributed by atoms with Crippen LogP contribution in [0.4, 0.5) is 5.69 Å². The van der Waals surface area contributed by atoms with Crippen LogP contribution in [0.3, 0.4) is 0 Å². The second kappa shape index (κ2) is 2.79. The van der Waals surface area contributed by atoms with Crippen molar-refractivity contribution in [1.29, 1.82) is 5.26 Å². The van der Waals surface area contributed by atoms with Crippen molar-refractivity contribution < 1.29 is 4.42 Å². The average Bonchev–Trinajstić information content (AvgIpc) is 2.42. The van der Waals surface area contributed by atoms with Crippen LogP contribution in [0.1, 0.15) is 5.76 Å². The van der Waals surface area contributed by atoms with Gasteiger partial charge in [0.2, 0.25) is 5.76 Å². The minimum absolute atomic E-state index is 0.174. The Morgan fingerprint density at radius 3 is 2.92 bits per heavy atom. The molecule has 1 aromatic heterocycles. The molecule has 0 amide bonds. The fourth-order valence-electron chi connectivity index (χ4n) is 1.17. The van der Waals surface area contributed by atoms with Crippen molar-refractivity contribution in [2.24, 2.45) is 0 Å². The Hall–Kier alpha value is -1.47. The second-order valence-electron chi connectivity index (χ2n) is 2.60. The Morgan fingerprint density at radius 2 is 2.23 bits per heavy atom. The minimum Gasteiger partial charge on any atom is -0.443 e. The van der Waals surface area contributed by atoms with E-state index in [-0.39, 0.29) is 5.76 Å². The molecule has 0 saturated heterocycles. The number of nitrogen functional groups attached to an aromatic ring is 1. The molecule has 0 aliphatic heterocycles. The van der Waals surface area contributed by atoms with Crippen LogP contribution < -0.4 is 5.73 Å². The van der Waals surface area contributed by atoms with Gasteiger partial charge in [0.25, 0.3) is 0 Å². The first-order valence-corrected chi connectivity index (χ1v) is 4.39. The number of hydrogen-bond donors (Lipinski definition) is 1. The summed E-state index contributed by atoms with van der Waals surface area (Å²) in [6.45, 7) is 0. The second-order valence-corrected chi connectivity index (χ2v) is 3.51. The third-order valence-corrected chi connectivity index (χ3v) is 2.29. The van der Waals surface area contributed by atoms with Crippen molar-refractivity contribution in [3.63, 3.8) is 0 Å². The molecule has 2 rings (SSSR count). The van der Waals surface area contributed by atoms with Gasteiger partial charge in [0, 0.05) is 9.86 Å². The highest BCUT2D eigenvalue weighted by atomic mass is 79.9. The molecular formula is C9H5BrN2O.